The van der Waals surface area contributed by atoms with Gasteiger partial charge in [-0.3, -0.25) is 14.5 Å². The smallest absolute Gasteiger partial charge is 0.145 e. The highest BCUT2D eigenvalue weighted by Crippen LogP contribution is 2.45. The summed E-state index contributed by atoms with van der Waals surface area (Å²) < 4.78 is 2.27. The standard InChI is InChI=1S/C52H33N5/c1-3-13-35(14-4-1)49-51-50(44-21-9-10-22-46(44)55-49)56-52(57(51)40-17-5-2-6-18-40)36-25-23-34(24-26-36)37-27-28-43-45(31-37)48(39-16-12-30-54-33-39)42-20-8-7-19-41(42)47(43)38-15-11-29-53-32-38/h1-33H. The van der Waals surface area contributed by atoms with E-state index < -0.39 is 0 Å². The second-order valence-electron chi connectivity index (χ2n) is 14.3. The summed E-state index contributed by atoms with van der Waals surface area (Å²) in [5.74, 6) is 0.864. The van der Waals surface area contributed by atoms with Crippen molar-refractivity contribution in [2.45, 2.75) is 0 Å². The number of aromatic nitrogens is 5. The van der Waals surface area contributed by atoms with Gasteiger partial charge in [0.2, 0.25) is 0 Å². The van der Waals surface area contributed by atoms with E-state index in [0.717, 1.165) is 72.5 Å². The fourth-order valence-corrected chi connectivity index (χ4v) is 8.40. The molecule has 0 aliphatic rings. The number of nitrogens with zero attached hydrogens (tertiary/aromatic N) is 5. The minimum Gasteiger partial charge on any atom is -0.290 e. The minimum atomic E-state index is 0.864. The number of benzene rings is 7. The predicted octanol–water partition coefficient (Wildman–Crippen LogP) is 13.0. The van der Waals surface area contributed by atoms with Gasteiger partial charge in [0, 0.05) is 58.1 Å². The van der Waals surface area contributed by atoms with Gasteiger partial charge < -0.3 is 0 Å². The van der Waals surface area contributed by atoms with E-state index in [1.54, 1.807) is 0 Å². The largest absolute Gasteiger partial charge is 0.290 e. The number of hydrogen-bond donors (Lipinski definition) is 0. The predicted molar refractivity (Wildman–Crippen MR) is 234 cm³/mol. The van der Waals surface area contributed by atoms with E-state index in [-0.39, 0.29) is 0 Å². The van der Waals surface area contributed by atoms with Gasteiger partial charge in [0.15, 0.2) is 0 Å². The fraction of sp³-hybridized carbons (Fsp3) is 0. The molecule has 0 aliphatic carbocycles. The molecule has 0 aliphatic heterocycles. The molecular weight excluding hydrogens is 695 g/mol. The monoisotopic (exact) mass is 727 g/mol. The van der Waals surface area contributed by atoms with E-state index in [4.69, 9.17) is 9.97 Å². The van der Waals surface area contributed by atoms with Crippen LogP contribution < -0.4 is 0 Å². The van der Waals surface area contributed by atoms with Gasteiger partial charge in [-0.15, -0.1) is 0 Å². The topological polar surface area (TPSA) is 56.5 Å². The summed E-state index contributed by atoms with van der Waals surface area (Å²) in [7, 11) is 0. The highest BCUT2D eigenvalue weighted by molar-refractivity contribution is 6.22. The van der Waals surface area contributed by atoms with Crippen LogP contribution in [-0.4, -0.2) is 24.5 Å². The van der Waals surface area contributed by atoms with E-state index in [0.29, 0.717) is 0 Å². The third kappa shape index (κ3) is 5.48. The van der Waals surface area contributed by atoms with Crippen LogP contribution in [-0.2, 0) is 0 Å². The Labute approximate surface area is 329 Å². The zero-order chi connectivity index (χ0) is 37.7. The molecule has 4 aromatic heterocycles. The van der Waals surface area contributed by atoms with Crippen LogP contribution in [0.4, 0.5) is 0 Å². The summed E-state index contributed by atoms with van der Waals surface area (Å²) in [5, 5.41) is 5.74. The fourth-order valence-electron chi connectivity index (χ4n) is 8.40. The molecule has 0 fully saturated rings. The SMILES string of the molecule is c1ccc(-c2nc3ccccc3c3nc(-c4ccc(-c5ccc6c(-c7cccnc7)c7ccccc7c(-c7cccnc7)c6c5)cc4)n(-c4ccccc4)c23)cc1. The second-order valence-corrected chi connectivity index (χ2v) is 14.3. The number of fused-ring (bicyclic) bond motifs is 5. The highest BCUT2D eigenvalue weighted by atomic mass is 15.1. The Morgan fingerprint density at radius 3 is 1.58 bits per heavy atom. The Kier molecular flexibility index (Phi) is 7.74. The van der Waals surface area contributed by atoms with Crippen LogP contribution in [0, 0.1) is 0 Å². The van der Waals surface area contributed by atoms with E-state index in [1.807, 2.05) is 49.1 Å². The lowest BCUT2D eigenvalue weighted by Gasteiger charge is -2.18. The first-order valence-corrected chi connectivity index (χ1v) is 19.1. The molecule has 4 heterocycles. The molecule has 5 heteroatoms. The van der Waals surface area contributed by atoms with Gasteiger partial charge in [-0.2, -0.15) is 0 Å². The summed E-state index contributed by atoms with van der Waals surface area (Å²) in [6, 6.07) is 61.9. The van der Waals surface area contributed by atoms with Crippen LogP contribution >= 0.6 is 0 Å². The van der Waals surface area contributed by atoms with Crippen molar-refractivity contribution in [2.24, 2.45) is 0 Å². The van der Waals surface area contributed by atoms with Crippen molar-refractivity contribution in [1.82, 2.24) is 24.5 Å². The van der Waals surface area contributed by atoms with Gasteiger partial charge in [0.25, 0.3) is 0 Å². The quantitative estimate of drug-likeness (QED) is 0.160. The van der Waals surface area contributed by atoms with Crippen molar-refractivity contribution in [2.75, 3.05) is 0 Å². The Bertz CT molecular complexity index is 3250. The van der Waals surface area contributed by atoms with Crippen molar-refractivity contribution in [3.05, 3.63) is 201 Å². The molecule has 0 unspecified atom stereocenters. The van der Waals surface area contributed by atoms with E-state index in [9.17, 15) is 0 Å². The molecule has 5 nitrogen and oxygen atoms in total. The van der Waals surface area contributed by atoms with Crippen LogP contribution in [0.15, 0.2) is 201 Å². The molecule has 0 radical (unpaired) electrons. The Morgan fingerprint density at radius 1 is 0.368 bits per heavy atom. The van der Waals surface area contributed by atoms with E-state index in [2.05, 4.69) is 166 Å². The van der Waals surface area contributed by atoms with Crippen LogP contribution in [0.5, 0.6) is 0 Å². The Hall–Kier alpha value is -7.76. The normalized spacial score (nSPS) is 11.5. The molecular formula is C52H33N5. The first-order valence-electron chi connectivity index (χ1n) is 19.1. The lowest BCUT2D eigenvalue weighted by Crippen LogP contribution is -2.00. The lowest BCUT2D eigenvalue weighted by molar-refractivity contribution is 1.10. The molecule has 0 spiro atoms. The van der Waals surface area contributed by atoms with Gasteiger partial charge in [0.1, 0.15) is 16.9 Å². The summed E-state index contributed by atoms with van der Waals surface area (Å²) >= 11 is 0. The van der Waals surface area contributed by atoms with Gasteiger partial charge >= 0.3 is 0 Å². The summed E-state index contributed by atoms with van der Waals surface area (Å²) in [4.78, 5) is 19.7. The molecule has 11 aromatic rings. The molecule has 0 bridgehead atoms. The van der Waals surface area contributed by atoms with Crippen LogP contribution in [0.1, 0.15) is 0 Å². The van der Waals surface area contributed by atoms with Crippen molar-refractivity contribution in [3.63, 3.8) is 0 Å². The second kappa shape index (κ2) is 13.5. The molecule has 0 atom stereocenters. The first kappa shape index (κ1) is 32.7. The number of para-hydroxylation sites is 2. The van der Waals surface area contributed by atoms with Crippen molar-refractivity contribution >= 4 is 43.5 Å². The molecule has 266 valence electrons. The maximum atomic E-state index is 5.44. The van der Waals surface area contributed by atoms with Crippen LogP contribution in [0.2, 0.25) is 0 Å². The Morgan fingerprint density at radius 2 is 0.912 bits per heavy atom. The lowest BCUT2D eigenvalue weighted by atomic mass is 9.85. The summed E-state index contributed by atoms with van der Waals surface area (Å²) in [6.45, 7) is 0. The summed E-state index contributed by atoms with van der Waals surface area (Å²) in [6.07, 6.45) is 7.59. The first-order chi connectivity index (χ1) is 28.3. The molecule has 0 saturated carbocycles. The zero-order valence-corrected chi connectivity index (χ0v) is 30.8. The third-order valence-electron chi connectivity index (χ3n) is 11.0. The molecule has 0 saturated heterocycles. The van der Waals surface area contributed by atoms with E-state index in [1.165, 1.54) is 32.7 Å². The molecule has 11 rings (SSSR count). The van der Waals surface area contributed by atoms with Gasteiger partial charge in [0.05, 0.1) is 11.2 Å². The maximum Gasteiger partial charge on any atom is 0.145 e. The number of imidazole rings is 1. The van der Waals surface area contributed by atoms with Gasteiger partial charge in [-0.1, -0.05) is 140 Å². The average Bonchev–Trinajstić information content (AvgIpc) is 3.70. The summed E-state index contributed by atoms with van der Waals surface area (Å²) in [5.41, 5.74) is 13.6. The number of pyridine rings is 3. The van der Waals surface area contributed by atoms with Crippen LogP contribution in [0.25, 0.3) is 105 Å². The molecule has 57 heavy (non-hydrogen) atoms. The zero-order valence-electron chi connectivity index (χ0n) is 30.8. The molecule has 0 N–H and O–H groups in total. The third-order valence-corrected chi connectivity index (χ3v) is 11.0. The average molecular weight is 728 g/mol. The number of hydrogen-bond acceptors (Lipinski definition) is 4. The van der Waals surface area contributed by atoms with Gasteiger partial charge in [-0.05, 0) is 80.2 Å². The molecule has 7 aromatic carbocycles. The van der Waals surface area contributed by atoms with Crippen molar-refractivity contribution in [3.8, 4) is 61.7 Å². The minimum absolute atomic E-state index is 0.864. The highest BCUT2D eigenvalue weighted by Gasteiger charge is 2.22. The Balaban J connectivity index is 1.12. The van der Waals surface area contributed by atoms with Crippen LogP contribution in [0.3, 0.4) is 0 Å². The molecule has 0 amide bonds. The maximum absolute atomic E-state index is 5.44. The van der Waals surface area contributed by atoms with Crippen molar-refractivity contribution in [1.29, 1.82) is 0 Å². The van der Waals surface area contributed by atoms with E-state index >= 15 is 0 Å². The number of rotatable bonds is 6. The van der Waals surface area contributed by atoms with Gasteiger partial charge in [-0.25, -0.2) is 9.97 Å². The van der Waals surface area contributed by atoms with Crippen molar-refractivity contribution < 1.29 is 0 Å².